The minimum absolute atomic E-state index is 0.0828. The van der Waals surface area contributed by atoms with E-state index in [-0.39, 0.29) is 11.8 Å². The molecule has 3 heterocycles. The molecule has 0 radical (unpaired) electrons. The second-order valence-electron chi connectivity index (χ2n) is 7.14. The first-order chi connectivity index (χ1) is 12.3. The van der Waals surface area contributed by atoms with Crippen LogP contribution in [-0.2, 0) is 16.0 Å². The van der Waals surface area contributed by atoms with Gasteiger partial charge in [0.05, 0.1) is 18.2 Å². The number of hydrogen-bond acceptors (Lipinski definition) is 3. The third kappa shape index (κ3) is 3.76. The summed E-state index contributed by atoms with van der Waals surface area (Å²) in [6, 6.07) is 12.6. The number of aromatic amines is 1. The molecule has 1 aromatic carbocycles. The summed E-state index contributed by atoms with van der Waals surface area (Å²) >= 11 is 0. The number of aromatic nitrogens is 2. The Bertz CT molecular complexity index is 699. The molecule has 1 N–H and O–H groups in total. The second-order valence-corrected chi connectivity index (χ2v) is 7.14. The van der Waals surface area contributed by atoms with Crippen molar-refractivity contribution in [3.63, 3.8) is 0 Å². The number of H-pyrrole nitrogens is 1. The first kappa shape index (κ1) is 16.3. The molecule has 132 valence electrons. The van der Waals surface area contributed by atoms with E-state index in [9.17, 15) is 4.79 Å². The number of rotatable bonds is 4. The van der Waals surface area contributed by atoms with Crippen LogP contribution in [0.3, 0.4) is 0 Å². The average Bonchev–Trinajstić information content (AvgIpc) is 3.34. The summed E-state index contributed by atoms with van der Waals surface area (Å²) in [5.74, 6) is 0.812. The predicted octanol–water partition coefficient (Wildman–Crippen LogP) is 2.74. The zero-order chi connectivity index (χ0) is 17.1. The number of nitrogens with one attached hydrogen (secondary N) is 1. The van der Waals surface area contributed by atoms with Crippen molar-refractivity contribution in [3.05, 3.63) is 53.3 Å². The van der Waals surface area contributed by atoms with Crippen molar-refractivity contribution >= 4 is 5.91 Å². The molecule has 4 rings (SSSR count). The van der Waals surface area contributed by atoms with Crippen molar-refractivity contribution in [2.75, 3.05) is 26.3 Å². The Kier molecular flexibility index (Phi) is 4.83. The highest BCUT2D eigenvalue weighted by molar-refractivity contribution is 5.79. The normalized spacial score (nSPS) is 21.6. The van der Waals surface area contributed by atoms with Crippen LogP contribution < -0.4 is 0 Å². The zero-order valence-corrected chi connectivity index (χ0v) is 14.5. The van der Waals surface area contributed by atoms with Gasteiger partial charge in [-0.3, -0.25) is 9.89 Å². The lowest BCUT2D eigenvalue weighted by Crippen LogP contribution is -2.41. The Morgan fingerprint density at radius 3 is 2.72 bits per heavy atom. The van der Waals surface area contributed by atoms with Crippen molar-refractivity contribution in [1.82, 2.24) is 15.1 Å². The highest BCUT2D eigenvalue weighted by Gasteiger charge is 2.31. The van der Waals surface area contributed by atoms with Gasteiger partial charge >= 0.3 is 0 Å². The summed E-state index contributed by atoms with van der Waals surface area (Å²) < 4.78 is 5.35. The molecular formula is C20H25N3O2. The van der Waals surface area contributed by atoms with Crippen molar-refractivity contribution in [2.45, 2.75) is 31.6 Å². The SMILES string of the molecule is O=C(C1CCOC1)N1CCC(c2cc(Cc3ccccc3)[nH]n2)CC1. The predicted molar refractivity (Wildman–Crippen MR) is 95.3 cm³/mol. The van der Waals surface area contributed by atoms with Crippen LogP contribution in [0.5, 0.6) is 0 Å². The lowest BCUT2D eigenvalue weighted by atomic mass is 9.92. The number of piperidine rings is 1. The van der Waals surface area contributed by atoms with Gasteiger partial charge in [-0.2, -0.15) is 5.10 Å². The van der Waals surface area contributed by atoms with E-state index in [1.54, 1.807) is 0 Å². The topological polar surface area (TPSA) is 58.2 Å². The van der Waals surface area contributed by atoms with E-state index in [2.05, 4.69) is 40.5 Å². The smallest absolute Gasteiger partial charge is 0.228 e. The molecular weight excluding hydrogens is 314 g/mol. The van der Waals surface area contributed by atoms with Crippen LogP contribution in [-0.4, -0.2) is 47.3 Å². The van der Waals surface area contributed by atoms with Crippen LogP contribution in [0, 0.1) is 5.92 Å². The highest BCUT2D eigenvalue weighted by atomic mass is 16.5. The standard InChI is InChI=1S/C20H25N3O2/c24-20(17-8-11-25-14-17)23-9-6-16(7-10-23)19-13-18(21-22-19)12-15-4-2-1-3-5-15/h1-5,13,16-17H,6-12,14H2,(H,21,22). The molecule has 5 heteroatoms. The molecule has 1 unspecified atom stereocenters. The fourth-order valence-corrected chi connectivity index (χ4v) is 3.88. The second kappa shape index (κ2) is 7.40. The van der Waals surface area contributed by atoms with Crippen molar-refractivity contribution in [3.8, 4) is 0 Å². The molecule has 5 nitrogen and oxygen atoms in total. The monoisotopic (exact) mass is 339 g/mol. The van der Waals surface area contributed by atoms with Gasteiger partial charge in [-0.25, -0.2) is 0 Å². The summed E-state index contributed by atoms with van der Waals surface area (Å²) in [7, 11) is 0. The van der Waals surface area contributed by atoms with Crippen LogP contribution in [0.15, 0.2) is 36.4 Å². The Morgan fingerprint density at radius 2 is 2.00 bits per heavy atom. The molecule has 0 spiro atoms. The van der Waals surface area contributed by atoms with E-state index < -0.39 is 0 Å². The molecule has 1 atom stereocenters. The van der Waals surface area contributed by atoms with Crippen LogP contribution >= 0.6 is 0 Å². The third-order valence-corrected chi connectivity index (χ3v) is 5.39. The number of hydrogen-bond donors (Lipinski definition) is 1. The maximum absolute atomic E-state index is 12.5. The first-order valence-corrected chi connectivity index (χ1v) is 9.24. The molecule has 0 aliphatic carbocycles. The average molecular weight is 339 g/mol. The van der Waals surface area contributed by atoms with Crippen LogP contribution in [0.2, 0.25) is 0 Å². The van der Waals surface area contributed by atoms with Gasteiger partial charge in [0.2, 0.25) is 5.91 Å². The van der Waals surface area contributed by atoms with Crippen molar-refractivity contribution in [2.24, 2.45) is 5.92 Å². The molecule has 0 bridgehead atoms. The Balaban J connectivity index is 1.32. The molecule has 0 saturated carbocycles. The van der Waals surface area contributed by atoms with E-state index in [0.29, 0.717) is 12.5 Å². The number of amides is 1. The van der Waals surface area contributed by atoms with E-state index >= 15 is 0 Å². The lowest BCUT2D eigenvalue weighted by Gasteiger charge is -2.32. The third-order valence-electron chi connectivity index (χ3n) is 5.39. The van der Waals surface area contributed by atoms with E-state index in [0.717, 1.165) is 56.8 Å². The molecule has 2 fully saturated rings. The van der Waals surface area contributed by atoms with Crippen LogP contribution in [0.4, 0.5) is 0 Å². The minimum atomic E-state index is 0.0828. The first-order valence-electron chi connectivity index (χ1n) is 9.24. The van der Waals surface area contributed by atoms with Gasteiger partial charge in [-0.15, -0.1) is 0 Å². The maximum Gasteiger partial charge on any atom is 0.228 e. The number of likely N-dealkylation sites (tertiary alicyclic amines) is 1. The van der Waals surface area contributed by atoms with Gasteiger partial charge in [0.25, 0.3) is 0 Å². The van der Waals surface area contributed by atoms with Crippen molar-refractivity contribution in [1.29, 1.82) is 0 Å². The Labute approximate surface area is 148 Å². The number of benzene rings is 1. The van der Waals surface area contributed by atoms with E-state index in [1.807, 2.05) is 11.0 Å². The van der Waals surface area contributed by atoms with E-state index in [1.165, 1.54) is 5.56 Å². The van der Waals surface area contributed by atoms with Gasteiger partial charge in [0.1, 0.15) is 0 Å². The van der Waals surface area contributed by atoms with Crippen LogP contribution in [0.1, 0.15) is 42.1 Å². The number of nitrogens with zero attached hydrogens (tertiary/aromatic N) is 2. The summed E-state index contributed by atoms with van der Waals surface area (Å²) in [5.41, 5.74) is 3.59. The van der Waals surface area contributed by atoms with Gasteiger partial charge < -0.3 is 9.64 Å². The highest BCUT2D eigenvalue weighted by Crippen LogP contribution is 2.29. The number of carbonyl (C=O) groups is 1. The largest absolute Gasteiger partial charge is 0.381 e. The van der Waals surface area contributed by atoms with E-state index in [4.69, 9.17) is 4.74 Å². The van der Waals surface area contributed by atoms with Gasteiger partial charge in [0.15, 0.2) is 0 Å². The zero-order valence-electron chi connectivity index (χ0n) is 14.5. The summed E-state index contributed by atoms with van der Waals surface area (Å²) in [4.78, 5) is 14.5. The molecule has 25 heavy (non-hydrogen) atoms. The summed E-state index contributed by atoms with van der Waals surface area (Å²) in [6.45, 7) is 2.99. The molecule has 2 aliphatic heterocycles. The maximum atomic E-state index is 12.5. The fraction of sp³-hybridized carbons (Fsp3) is 0.500. The summed E-state index contributed by atoms with van der Waals surface area (Å²) in [5, 5.41) is 7.72. The molecule has 2 saturated heterocycles. The molecule has 1 aromatic heterocycles. The van der Waals surface area contributed by atoms with Crippen molar-refractivity contribution < 1.29 is 9.53 Å². The molecule has 2 aliphatic rings. The number of ether oxygens (including phenoxy) is 1. The Morgan fingerprint density at radius 1 is 1.20 bits per heavy atom. The molecule has 2 aromatic rings. The Hall–Kier alpha value is -2.14. The minimum Gasteiger partial charge on any atom is -0.381 e. The summed E-state index contributed by atoms with van der Waals surface area (Å²) in [6.07, 6.45) is 3.75. The molecule has 1 amide bonds. The quantitative estimate of drug-likeness (QED) is 0.932. The van der Waals surface area contributed by atoms with Crippen LogP contribution in [0.25, 0.3) is 0 Å². The lowest BCUT2D eigenvalue weighted by molar-refractivity contribution is -0.136. The number of carbonyl (C=O) groups excluding carboxylic acids is 1. The van der Waals surface area contributed by atoms with Gasteiger partial charge in [-0.1, -0.05) is 30.3 Å². The fourth-order valence-electron chi connectivity index (χ4n) is 3.88. The van der Waals surface area contributed by atoms with Gasteiger partial charge in [0, 0.05) is 37.7 Å². The van der Waals surface area contributed by atoms with Gasteiger partial charge in [-0.05, 0) is 30.9 Å².